The number of hydrogen-bond donors (Lipinski definition) is 2. The maximum atomic E-state index is 12.9. The van der Waals surface area contributed by atoms with E-state index in [4.69, 9.17) is 14.5 Å². The summed E-state index contributed by atoms with van der Waals surface area (Å²) in [4.78, 5) is 37.6. The molecule has 1 aromatic carbocycles. The molecule has 0 unspecified atom stereocenters. The second kappa shape index (κ2) is 10.1. The number of benzene rings is 1. The molecule has 2 aliphatic rings. The van der Waals surface area contributed by atoms with Crippen molar-refractivity contribution in [2.75, 3.05) is 60.1 Å². The van der Waals surface area contributed by atoms with Gasteiger partial charge >= 0.3 is 0 Å². The number of ether oxygens (including phenoxy) is 2. The summed E-state index contributed by atoms with van der Waals surface area (Å²) in [6, 6.07) is 7.49. The lowest BCUT2D eigenvalue weighted by Crippen LogP contribution is -2.47. The lowest BCUT2D eigenvalue weighted by atomic mass is 9.97. The lowest BCUT2D eigenvalue weighted by Gasteiger charge is -2.34. The number of carbonyl (C=O) groups excluding carboxylic acids is 2. The second-order valence-electron chi connectivity index (χ2n) is 8.22. The van der Waals surface area contributed by atoms with Crippen molar-refractivity contribution >= 4 is 11.8 Å². The predicted molar refractivity (Wildman–Crippen MR) is 120 cm³/mol. The number of rotatable bonds is 6. The molecule has 1 atom stereocenters. The Labute approximate surface area is 188 Å². The molecule has 0 saturated carbocycles. The number of likely N-dealkylation sites (tertiary alicyclic amines) is 1. The van der Waals surface area contributed by atoms with Crippen molar-refractivity contribution < 1.29 is 19.1 Å². The number of imidazole rings is 1. The van der Waals surface area contributed by atoms with Crippen molar-refractivity contribution in [2.45, 2.75) is 18.8 Å². The Morgan fingerprint density at radius 3 is 2.66 bits per heavy atom. The van der Waals surface area contributed by atoms with Gasteiger partial charge in [0.15, 0.2) is 0 Å². The van der Waals surface area contributed by atoms with Gasteiger partial charge in [-0.1, -0.05) is 0 Å². The topological polar surface area (TPSA) is 99.8 Å². The standard InChI is InChI=1S/C23H31N5O4/c1-24-23(30)21-20(16-5-7-18(31-2)8-6-16)25-22(26-21)17-4-3-9-28(14-17)19(29)15-27-10-12-32-13-11-27/h5-8,17H,3-4,9-15H2,1-2H3,(H,24,30)(H,25,26)/t17-/m1/s1. The third-order valence-corrected chi connectivity index (χ3v) is 6.16. The Balaban J connectivity index is 1.52. The van der Waals surface area contributed by atoms with Crippen LogP contribution < -0.4 is 10.1 Å². The fourth-order valence-electron chi connectivity index (χ4n) is 4.31. The van der Waals surface area contributed by atoms with E-state index in [0.717, 1.165) is 49.6 Å². The SMILES string of the molecule is CNC(=O)c1[nH]c([C@@H]2CCCN(C(=O)CN3CCOCC3)C2)nc1-c1ccc(OC)cc1. The maximum absolute atomic E-state index is 12.9. The van der Waals surface area contributed by atoms with Crippen molar-refractivity contribution in [3.63, 3.8) is 0 Å². The van der Waals surface area contributed by atoms with Crippen LogP contribution in [0.4, 0.5) is 0 Å². The van der Waals surface area contributed by atoms with Crippen LogP contribution in [0.2, 0.25) is 0 Å². The van der Waals surface area contributed by atoms with Gasteiger partial charge in [0.05, 0.1) is 26.9 Å². The van der Waals surface area contributed by atoms with E-state index in [-0.39, 0.29) is 17.7 Å². The van der Waals surface area contributed by atoms with Crippen LogP contribution in [-0.4, -0.2) is 91.7 Å². The third-order valence-electron chi connectivity index (χ3n) is 6.16. The van der Waals surface area contributed by atoms with Gasteiger partial charge in [-0.05, 0) is 37.1 Å². The molecule has 2 fully saturated rings. The smallest absolute Gasteiger partial charge is 0.269 e. The van der Waals surface area contributed by atoms with E-state index in [1.165, 1.54) is 0 Å². The molecule has 0 aliphatic carbocycles. The average molecular weight is 442 g/mol. The second-order valence-corrected chi connectivity index (χ2v) is 8.22. The molecule has 4 rings (SSSR count). The number of nitrogens with one attached hydrogen (secondary N) is 2. The van der Waals surface area contributed by atoms with Crippen LogP contribution in [0, 0.1) is 0 Å². The molecule has 32 heavy (non-hydrogen) atoms. The molecule has 172 valence electrons. The Morgan fingerprint density at radius 1 is 1.22 bits per heavy atom. The molecule has 3 heterocycles. The van der Waals surface area contributed by atoms with Crippen molar-refractivity contribution in [3.05, 3.63) is 35.8 Å². The van der Waals surface area contributed by atoms with Gasteiger partial charge in [-0.25, -0.2) is 4.98 Å². The van der Waals surface area contributed by atoms with Gasteiger partial charge in [0, 0.05) is 44.7 Å². The number of piperidine rings is 1. The number of H-pyrrole nitrogens is 1. The summed E-state index contributed by atoms with van der Waals surface area (Å²) in [6.45, 7) is 4.73. The highest BCUT2D eigenvalue weighted by Crippen LogP contribution is 2.30. The first-order valence-electron chi connectivity index (χ1n) is 11.1. The Bertz CT molecular complexity index is 936. The molecule has 9 heteroatoms. The van der Waals surface area contributed by atoms with Gasteiger partial charge in [0.25, 0.3) is 5.91 Å². The molecule has 2 N–H and O–H groups in total. The number of morpholine rings is 1. The van der Waals surface area contributed by atoms with Gasteiger partial charge in [0.1, 0.15) is 23.0 Å². The molecule has 9 nitrogen and oxygen atoms in total. The van der Waals surface area contributed by atoms with Crippen LogP contribution >= 0.6 is 0 Å². The first kappa shape index (κ1) is 22.3. The van der Waals surface area contributed by atoms with E-state index >= 15 is 0 Å². The van der Waals surface area contributed by atoms with Crippen molar-refractivity contribution in [3.8, 4) is 17.0 Å². The zero-order valence-electron chi connectivity index (χ0n) is 18.7. The molecule has 2 aliphatic heterocycles. The van der Waals surface area contributed by atoms with E-state index in [2.05, 4.69) is 15.2 Å². The van der Waals surface area contributed by atoms with Crippen molar-refractivity contribution in [1.82, 2.24) is 25.1 Å². The first-order chi connectivity index (χ1) is 15.6. The summed E-state index contributed by atoms with van der Waals surface area (Å²) in [5, 5.41) is 2.69. The highest BCUT2D eigenvalue weighted by Gasteiger charge is 2.29. The predicted octanol–water partition coefficient (Wildman–Crippen LogP) is 1.48. The number of aromatic amines is 1. The van der Waals surface area contributed by atoms with Crippen LogP contribution in [0.15, 0.2) is 24.3 Å². The molecule has 0 bridgehead atoms. The molecule has 0 spiro atoms. The van der Waals surface area contributed by atoms with E-state index < -0.39 is 0 Å². The summed E-state index contributed by atoms with van der Waals surface area (Å²) < 4.78 is 10.6. The molecule has 2 aromatic rings. The molecule has 2 saturated heterocycles. The molecular formula is C23H31N5O4. The molecule has 0 radical (unpaired) electrons. The Morgan fingerprint density at radius 2 is 1.97 bits per heavy atom. The van der Waals surface area contributed by atoms with E-state index in [1.54, 1.807) is 14.2 Å². The van der Waals surface area contributed by atoms with Crippen molar-refractivity contribution in [1.29, 1.82) is 0 Å². The third kappa shape index (κ3) is 4.94. The van der Waals surface area contributed by atoms with Crippen LogP contribution in [0.3, 0.4) is 0 Å². The minimum Gasteiger partial charge on any atom is -0.497 e. The Kier molecular flexibility index (Phi) is 7.06. The zero-order chi connectivity index (χ0) is 22.5. The van der Waals surface area contributed by atoms with Gasteiger partial charge in [-0.2, -0.15) is 0 Å². The quantitative estimate of drug-likeness (QED) is 0.705. The van der Waals surface area contributed by atoms with Crippen LogP contribution in [0.5, 0.6) is 5.75 Å². The monoisotopic (exact) mass is 441 g/mol. The number of carbonyl (C=O) groups is 2. The maximum Gasteiger partial charge on any atom is 0.269 e. The van der Waals surface area contributed by atoms with Crippen molar-refractivity contribution in [2.24, 2.45) is 0 Å². The first-order valence-corrected chi connectivity index (χ1v) is 11.1. The van der Waals surface area contributed by atoms with Crippen LogP contribution in [0.1, 0.15) is 35.1 Å². The van der Waals surface area contributed by atoms with E-state index in [9.17, 15) is 9.59 Å². The fourth-order valence-corrected chi connectivity index (χ4v) is 4.31. The van der Waals surface area contributed by atoms with Gasteiger partial charge in [-0.15, -0.1) is 0 Å². The Hall–Kier alpha value is -2.91. The molecule has 1 aromatic heterocycles. The minimum absolute atomic E-state index is 0.0628. The number of amides is 2. The average Bonchev–Trinajstić information content (AvgIpc) is 3.30. The minimum atomic E-state index is -0.217. The van der Waals surface area contributed by atoms with E-state index in [0.29, 0.717) is 37.7 Å². The summed E-state index contributed by atoms with van der Waals surface area (Å²) in [7, 11) is 3.22. The van der Waals surface area contributed by atoms with Crippen LogP contribution in [-0.2, 0) is 9.53 Å². The van der Waals surface area contributed by atoms with Crippen LogP contribution in [0.25, 0.3) is 11.3 Å². The van der Waals surface area contributed by atoms with Gasteiger partial charge in [-0.3, -0.25) is 14.5 Å². The van der Waals surface area contributed by atoms with Gasteiger partial charge < -0.3 is 24.7 Å². The highest BCUT2D eigenvalue weighted by atomic mass is 16.5. The zero-order valence-corrected chi connectivity index (χ0v) is 18.7. The number of methoxy groups -OCH3 is 1. The lowest BCUT2D eigenvalue weighted by molar-refractivity contribution is -0.134. The number of nitrogens with zero attached hydrogens (tertiary/aromatic N) is 3. The normalized spacial score (nSPS) is 19.6. The highest BCUT2D eigenvalue weighted by molar-refractivity contribution is 5.98. The summed E-state index contributed by atoms with van der Waals surface area (Å²) in [5.41, 5.74) is 1.88. The number of aromatic nitrogens is 2. The largest absolute Gasteiger partial charge is 0.497 e. The number of hydrogen-bond acceptors (Lipinski definition) is 6. The molecular weight excluding hydrogens is 410 g/mol. The summed E-state index contributed by atoms with van der Waals surface area (Å²) in [5.74, 6) is 1.48. The fraction of sp³-hybridized carbons (Fsp3) is 0.522. The van der Waals surface area contributed by atoms with Gasteiger partial charge in [0.2, 0.25) is 5.91 Å². The van der Waals surface area contributed by atoms with E-state index in [1.807, 2.05) is 29.2 Å². The molecule has 2 amide bonds. The summed E-state index contributed by atoms with van der Waals surface area (Å²) >= 11 is 0. The summed E-state index contributed by atoms with van der Waals surface area (Å²) in [6.07, 6.45) is 1.83.